The summed E-state index contributed by atoms with van der Waals surface area (Å²) in [4.78, 5) is 28.4. The van der Waals surface area contributed by atoms with Gasteiger partial charge >= 0.3 is 0 Å². The van der Waals surface area contributed by atoms with Gasteiger partial charge < -0.3 is 19.9 Å². The second-order valence-corrected chi connectivity index (χ2v) is 8.68. The number of nitrogens with one attached hydrogen (secondary N) is 1. The van der Waals surface area contributed by atoms with Gasteiger partial charge in [0.25, 0.3) is 5.91 Å². The average Bonchev–Trinajstić information content (AvgIpc) is 2.76. The van der Waals surface area contributed by atoms with E-state index in [1.54, 1.807) is 0 Å². The number of amides is 2. The molecular weight excluding hydrogens is 390 g/mol. The van der Waals surface area contributed by atoms with Crippen LogP contribution >= 0.6 is 0 Å². The molecular formula is C25H31N3O3. The Morgan fingerprint density at radius 1 is 1.13 bits per heavy atom. The first kappa shape index (κ1) is 21.5. The van der Waals surface area contributed by atoms with E-state index in [-0.39, 0.29) is 17.4 Å². The molecule has 6 heteroatoms. The summed E-state index contributed by atoms with van der Waals surface area (Å²) >= 11 is 0. The van der Waals surface area contributed by atoms with E-state index in [2.05, 4.69) is 16.3 Å². The lowest BCUT2D eigenvalue weighted by Crippen LogP contribution is -2.61. The Labute approximate surface area is 184 Å². The summed E-state index contributed by atoms with van der Waals surface area (Å²) in [7, 11) is 0. The molecule has 1 atom stereocenters. The number of hydrogen-bond donors (Lipinski definition) is 1. The van der Waals surface area contributed by atoms with Gasteiger partial charge in [0.2, 0.25) is 5.91 Å². The largest absolute Gasteiger partial charge is 0.360 e. The van der Waals surface area contributed by atoms with Gasteiger partial charge in [-0.2, -0.15) is 0 Å². The van der Waals surface area contributed by atoms with Crippen LogP contribution in [0.4, 0.5) is 11.4 Å². The fourth-order valence-corrected chi connectivity index (χ4v) is 4.63. The lowest BCUT2D eigenvalue weighted by atomic mass is 9.88. The van der Waals surface area contributed by atoms with Crippen molar-refractivity contribution in [3.8, 4) is 0 Å². The molecule has 31 heavy (non-hydrogen) atoms. The third kappa shape index (κ3) is 5.14. The van der Waals surface area contributed by atoms with Crippen LogP contribution in [0.15, 0.2) is 54.6 Å². The molecule has 2 fully saturated rings. The first-order chi connectivity index (χ1) is 14.9. The van der Waals surface area contributed by atoms with E-state index in [1.807, 2.05) is 60.4 Å². The smallest absolute Gasteiger partial charge is 0.255 e. The zero-order valence-corrected chi connectivity index (χ0v) is 18.3. The second-order valence-electron chi connectivity index (χ2n) is 8.68. The lowest BCUT2D eigenvalue weighted by molar-refractivity contribution is -0.161. The number of para-hydroxylation sites is 1. The van der Waals surface area contributed by atoms with Gasteiger partial charge in [0.05, 0.1) is 12.1 Å². The van der Waals surface area contributed by atoms with Crippen molar-refractivity contribution >= 4 is 23.2 Å². The van der Waals surface area contributed by atoms with Crippen LogP contribution in [-0.4, -0.2) is 54.6 Å². The Morgan fingerprint density at radius 2 is 1.87 bits per heavy atom. The minimum Gasteiger partial charge on any atom is -0.360 e. The summed E-state index contributed by atoms with van der Waals surface area (Å²) in [5.74, 6) is -0.0125. The summed E-state index contributed by atoms with van der Waals surface area (Å²) < 4.78 is 6.28. The molecule has 0 aromatic heterocycles. The number of nitrogens with zero attached hydrogens (tertiary/aromatic N) is 2. The second kappa shape index (κ2) is 9.20. The normalized spacial score (nSPS) is 21.3. The Morgan fingerprint density at radius 3 is 2.58 bits per heavy atom. The summed E-state index contributed by atoms with van der Waals surface area (Å²) in [5, 5.41) is 2.85. The zero-order chi connectivity index (χ0) is 21.8. The van der Waals surface area contributed by atoms with Gasteiger partial charge in [0, 0.05) is 37.9 Å². The highest BCUT2D eigenvalue weighted by molar-refractivity contribution is 5.97. The summed E-state index contributed by atoms with van der Waals surface area (Å²) in [6, 6.07) is 17.9. The maximum absolute atomic E-state index is 12.7. The van der Waals surface area contributed by atoms with Crippen LogP contribution < -0.4 is 10.2 Å². The SMILES string of the molecule is CC(=O)Nc1cccc(CCN2CCC3(CC2)CN(c2ccccc2)C(=O)[C@H](C)O3)c1. The van der Waals surface area contributed by atoms with Crippen molar-refractivity contribution in [1.82, 2.24) is 4.90 Å². The maximum Gasteiger partial charge on any atom is 0.255 e. The van der Waals surface area contributed by atoms with Crippen molar-refractivity contribution in [2.75, 3.05) is 36.4 Å². The van der Waals surface area contributed by atoms with Crippen LogP contribution in [0.5, 0.6) is 0 Å². The number of rotatable bonds is 5. The van der Waals surface area contributed by atoms with E-state index >= 15 is 0 Å². The van der Waals surface area contributed by atoms with Crippen molar-refractivity contribution in [2.24, 2.45) is 0 Å². The molecule has 0 saturated carbocycles. The molecule has 0 aliphatic carbocycles. The predicted molar refractivity (Wildman–Crippen MR) is 122 cm³/mol. The van der Waals surface area contributed by atoms with Crippen molar-refractivity contribution in [3.63, 3.8) is 0 Å². The van der Waals surface area contributed by atoms with Crippen LogP contribution in [0.1, 0.15) is 32.3 Å². The lowest BCUT2D eigenvalue weighted by Gasteiger charge is -2.49. The van der Waals surface area contributed by atoms with Gasteiger partial charge in [-0.05, 0) is 56.0 Å². The molecule has 0 radical (unpaired) electrons. The van der Waals surface area contributed by atoms with E-state index in [4.69, 9.17) is 4.74 Å². The van der Waals surface area contributed by atoms with E-state index in [0.29, 0.717) is 6.54 Å². The van der Waals surface area contributed by atoms with Crippen LogP contribution in [-0.2, 0) is 20.7 Å². The molecule has 2 amide bonds. The number of piperidine rings is 1. The minimum absolute atomic E-state index is 0.0401. The number of carbonyl (C=O) groups is 2. The van der Waals surface area contributed by atoms with Gasteiger partial charge in [-0.3, -0.25) is 9.59 Å². The topological polar surface area (TPSA) is 61.9 Å². The molecule has 0 bridgehead atoms. The van der Waals surface area contributed by atoms with E-state index in [9.17, 15) is 9.59 Å². The average molecular weight is 422 g/mol. The van der Waals surface area contributed by atoms with E-state index in [0.717, 1.165) is 50.3 Å². The van der Waals surface area contributed by atoms with Crippen molar-refractivity contribution in [1.29, 1.82) is 0 Å². The van der Waals surface area contributed by atoms with Gasteiger partial charge in [-0.25, -0.2) is 0 Å². The molecule has 164 valence electrons. The molecule has 2 aliphatic heterocycles. The summed E-state index contributed by atoms with van der Waals surface area (Å²) in [6.07, 6.45) is 2.35. The quantitative estimate of drug-likeness (QED) is 0.803. The van der Waals surface area contributed by atoms with Gasteiger partial charge in [0.15, 0.2) is 0 Å². The number of hydrogen-bond acceptors (Lipinski definition) is 4. The number of ether oxygens (including phenoxy) is 1. The fourth-order valence-electron chi connectivity index (χ4n) is 4.63. The highest BCUT2D eigenvalue weighted by Gasteiger charge is 2.45. The number of likely N-dealkylation sites (tertiary alicyclic amines) is 1. The van der Waals surface area contributed by atoms with Crippen LogP contribution in [0, 0.1) is 0 Å². The van der Waals surface area contributed by atoms with Crippen molar-refractivity contribution in [3.05, 3.63) is 60.2 Å². The first-order valence-corrected chi connectivity index (χ1v) is 11.1. The maximum atomic E-state index is 12.7. The highest BCUT2D eigenvalue weighted by Crippen LogP contribution is 2.35. The monoisotopic (exact) mass is 421 g/mol. The van der Waals surface area contributed by atoms with Gasteiger partial charge in [-0.15, -0.1) is 0 Å². The first-order valence-electron chi connectivity index (χ1n) is 11.1. The Balaban J connectivity index is 1.34. The number of benzene rings is 2. The van der Waals surface area contributed by atoms with Crippen LogP contribution in [0.25, 0.3) is 0 Å². The Bertz CT molecular complexity index is 923. The van der Waals surface area contributed by atoms with Gasteiger partial charge in [-0.1, -0.05) is 30.3 Å². The molecule has 2 heterocycles. The van der Waals surface area contributed by atoms with E-state index in [1.165, 1.54) is 12.5 Å². The predicted octanol–water partition coefficient (Wildman–Crippen LogP) is 3.47. The number of morpholine rings is 1. The third-order valence-corrected chi connectivity index (χ3v) is 6.29. The van der Waals surface area contributed by atoms with Crippen molar-refractivity contribution in [2.45, 2.75) is 44.8 Å². The molecule has 0 unspecified atom stereocenters. The van der Waals surface area contributed by atoms with E-state index < -0.39 is 6.10 Å². The molecule has 1 N–H and O–H groups in total. The Hall–Kier alpha value is -2.70. The molecule has 4 rings (SSSR count). The molecule has 2 saturated heterocycles. The molecule has 2 aromatic carbocycles. The van der Waals surface area contributed by atoms with Crippen molar-refractivity contribution < 1.29 is 14.3 Å². The fraction of sp³-hybridized carbons (Fsp3) is 0.440. The standard InChI is InChI=1S/C25H31N3O3/c1-19-24(30)28(23-9-4-3-5-10-23)18-25(31-19)12-15-27(16-13-25)14-11-21-7-6-8-22(17-21)26-20(2)29/h3-10,17,19H,11-16,18H2,1-2H3,(H,26,29)/t19-/m0/s1. The minimum atomic E-state index is -0.419. The number of anilines is 2. The van der Waals surface area contributed by atoms with Gasteiger partial charge in [0.1, 0.15) is 6.10 Å². The summed E-state index contributed by atoms with van der Waals surface area (Å²) in [5.41, 5.74) is 2.74. The van der Waals surface area contributed by atoms with Crippen LogP contribution in [0.2, 0.25) is 0 Å². The molecule has 2 aromatic rings. The highest BCUT2D eigenvalue weighted by atomic mass is 16.5. The number of carbonyl (C=O) groups excluding carboxylic acids is 2. The molecule has 1 spiro atoms. The molecule has 6 nitrogen and oxygen atoms in total. The third-order valence-electron chi connectivity index (χ3n) is 6.29. The molecule has 2 aliphatic rings. The summed E-state index contributed by atoms with van der Waals surface area (Å²) in [6.45, 7) is 6.89. The van der Waals surface area contributed by atoms with Crippen LogP contribution in [0.3, 0.4) is 0 Å². The Kier molecular flexibility index (Phi) is 6.39. The zero-order valence-electron chi connectivity index (χ0n) is 18.3.